The van der Waals surface area contributed by atoms with E-state index in [4.69, 9.17) is 0 Å². The van der Waals surface area contributed by atoms with Crippen molar-refractivity contribution < 1.29 is 62.2 Å². The van der Waals surface area contributed by atoms with Crippen LogP contribution in [0.4, 0.5) is 57.1 Å². The summed E-state index contributed by atoms with van der Waals surface area (Å²) in [5, 5.41) is 11.0. The minimum Gasteiger partial charge on any atom is -0.380 e. The number of aryl methyl sites for hydroxylation is 1. The maximum Gasteiger partial charge on any atom is 0.460 e. The third kappa shape index (κ3) is 4.33. The maximum atomic E-state index is 14.7. The summed E-state index contributed by atoms with van der Waals surface area (Å²) in [6, 6.07) is 9.83. The van der Waals surface area contributed by atoms with Crippen LogP contribution in [0.1, 0.15) is 23.1 Å². The van der Waals surface area contributed by atoms with Gasteiger partial charge in [0.05, 0.1) is 6.42 Å². The first-order valence-electron chi connectivity index (χ1n) is 9.38. The fourth-order valence-corrected chi connectivity index (χ4v) is 3.34. The van der Waals surface area contributed by atoms with Crippen LogP contribution >= 0.6 is 0 Å². The van der Waals surface area contributed by atoms with E-state index in [1.54, 1.807) is 0 Å². The molecule has 14 heteroatoms. The van der Waals surface area contributed by atoms with Crippen LogP contribution in [0.25, 0.3) is 0 Å². The highest BCUT2D eigenvalue weighted by Gasteiger charge is 2.90. The summed E-state index contributed by atoms with van der Waals surface area (Å²) in [5.41, 5.74) is -4.53. The highest BCUT2D eigenvalue weighted by atomic mass is 19.4. The summed E-state index contributed by atoms with van der Waals surface area (Å²) in [7, 11) is 0. The molecule has 1 atom stereocenters. The van der Waals surface area contributed by atoms with Crippen molar-refractivity contribution in [2.24, 2.45) is 0 Å². The first-order valence-corrected chi connectivity index (χ1v) is 9.38. The molecule has 1 nitrogen and oxygen atoms in total. The molecular formula is C21H15F13O. The highest BCUT2D eigenvalue weighted by Crippen LogP contribution is 2.61. The third-order valence-corrected chi connectivity index (χ3v) is 5.32. The quantitative estimate of drug-likeness (QED) is 0.354. The second kappa shape index (κ2) is 8.56. The number of hydrogen-bond acceptors (Lipinski definition) is 1. The van der Waals surface area contributed by atoms with Crippen molar-refractivity contribution >= 4 is 0 Å². The number of rotatable bonds is 8. The minimum atomic E-state index is -8.00. The molecule has 0 heterocycles. The Balaban J connectivity index is 2.69. The summed E-state index contributed by atoms with van der Waals surface area (Å²) in [5.74, 6) is -37.7. The van der Waals surface area contributed by atoms with E-state index in [0.29, 0.717) is 0 Å². The second-order valence-corrected chi connectivity index (χ2v) is 7.72. The molecule has 2 rings (SSSR count). The molecule has 35 heavy (non-hydrogen) atoms. The van der Waals surface area contributed by atoms with Gasteiger partial charge in [-0.15, -0.1) is 0 Å². The fraction of sp³-hybridized carbons (Fsp3) is 0.429. The van der Waals surface area contributed by atoms with E-state index in [2.05, 4.69) is 0 Å². The average molecular weight is 530 g/mol. The zero-order valence-corrected chi connectivity index (χ0v) is 17.3. The molecule has 0 radical (unpaired) electrons. The van der Waals surface area contributed by atoms with Crippen LogP contribution in [0.15, 0.2) is 54.6 Å². The standard InChI is InChI=1S/C21H15F13O/c1-12-7-5-6-10-14(12)15(35,13-8-3-2-4-9-13)11-16(22,23)17(24,25)18(26,27)19(28,29)20(30,31)21(32,33)34/h2-10,35H,11H2,1H3. The van der Waals surface area contributed by atoms with Gasteiger partial charge in [0.2, 0.25) is 0 Å². The topological polar surface area (TPSA) is 20.2 Å². The van der Waals surface area contributed by atoms with E-state index in [0.717, 1.165) is 36.4 Å². The Hall–Kier alpha value is -2.51. The monoisotopic (exact) mass is 530 g/mol. The predicted molar refractivity (Wildman–Crippen MR) is 96.0 cm³/mol. The van der Waals surface area contributed by atoms with Crippen molar-refractivity contribution in [3.63, 3.8) is 0 Å². The molecule has 0 aromatic heterocycles. The normalized spacial score (nSPS) is 16.2. The van der Waals surface area contributed by atoms with Gasteiger partial charge in [-0.05, 0) is 23.6 Å². The molecular weight excluding hydrogens is 515 g/mol. The van der Waals surface area contributed by atoms with Crippen molar-refractivity contribution in [3.8, 4) is 0 Å². The molecule has 1 unspecified atom stereocenters. The van der Waals surface area contributed by atoms with Gasteiger partial charge in [0, 0.05) is 0 Å². The highest BCUT2D eigenvalue weighted by molar-refractivity contribution is 5.41. The molecule has 0 aliphatic heterocycles. The molecule has 2 aromatic carbocycles. The van der Waals surface area contributed by atoms with E-state index in [-0.39, 0.29) is 5.56 Å². The molecule has 196 valence electrons. The summed E-state index contributed by atoms with van der Waals surface area (Å²) in [6.07, 6.45) is -10.3. The molecule has 1 N–H and O–H groups in total. The zero-order valence-electron chi connectivity index (χ0n) is 17.3. The number of halogens is 13. The minimum absolute atomic E-state index is 0.0568. The first-order chi connectivity index (χ1) is 15.6. The number of benzene rings is 2. The smallest absolute Gasteiger partial charge is 0.380 e. The average Bonchev–Trinajstić information content (AvgIpc) is 2.72. The van der Waals surface area contributed by atoms with Crippen molar-refractivity contribution in [1.82, 2.24) is 0 Å². The molecule has 0 amide bonds. The van der Waals surface area contributed by atoms with E-state index in [1.165, 1.54) is 25.1 Å². The van der Waals surface area contributed by atoms with E-state index in [9.17, 15) is 62.2 Å². The summed E-state index contributed by atoms with van der Waals surface area (Å²) in [4.78, 5) is 0. The summed E-state index contributed by atoms with van der Waals surface area (Å²) in [6.45, 7) is 1.19. The first kappa shape index (κ1) is 28.7. The van der Waals surface area contributed by atoms with E-state index >= 15 is 0 Å². The predicted octanol–water partition coefficient (Wildman–Crippen LogP) is 7.36. The summed E-state index contributed by atoms with van der Waals surface area (Å²) < 4.78 is 176. The van der Waals surface area contributed by atoms with Crippen LogP contribution < -0.4 is 0 Å². The molecule has 2 aromatic rings. The van der Waals surface area contributed by atoms with E-state index in [1.807, 2.05) is 0 Å². The van der Waals surface area contributed by atoms with Gasteiger partial charge in [-0.3, -0.25) is 0 Å². The van der Waals surface area contributed by atoms with Gasteiger partial charge in [0.15, 0.2) is 0 Å². The van der Waals surface area contributed by atoms with Gasteiger partial charge < -0.3 is 5.11 Å². The zero-order chi connectivity index (χ0) is 27.3. The number of hydrogen-bond donors (Lipinski definition) is 1. The van der Waals surface area contributed by atoms with Crippen molar-refractivity contribution in [3.05, 3.63) is 71.3 Å². The van der Waals surface area contributed by atoms with Crippen molar-refractivity contribution in [2.45, 2.75) is 54.7 Å². The van der Waals surface area contributed by atoms with Crippen LogP contribution in [-0.2, 0) is 5.60 Å². The molecule has 0 bridgehead atoms. The Morgan fingerprint density at radius 2 is 1.00 bits per heavy atom. The Kier molecular flexibility index (Phi) is 7.02. The Morgan fingerprint density at radius 1 is 0.571 bits per heavy atom. The molecule has 0 saturated heterocycles. The van der Waals surface area contributed by atoms with Crippen LogP contribution in [0, 0.1) is 6.92 Å². The summed E-state index contributed by atoms with van der Waals surface area (Å²) >= 11 is 0. The van der Waals surface area contributed by atoms with Gasteiger partial charge in [-0.2, -0.15) is 57.1 Å². The molecule has 0 aliphatic rings. The van der Waals surface area contributed by atoms with Gasteiger partial charge in [0.25, 0.3) is 0 Å². The van der Waals surface area contributed by atoms with Gasteiger partial charge in [0.1, 0.15) is 5.60 Å². The van der Waals surface area contributed by atoms with Crippen LogP contribution in [0.2, 0.25) is 0 Å². The second-order valence-electron chi connectivity index (χ2n) is 7.72. The number of alkyl halides is 13. The Bertz CT molecular complexity index is 1030. The maximum absolute atomic E-state index is 14.7. The fourth-order valence-electron chi connectivity index (χ4n) is 3.34. The molecule has 0 saturated carbocycles. The lowest BCUT2D eigenvalue weighted by Crippen LogP contribution is -2.70. The van der Waals surface area contributed by atoms with Crippen LogP contribution in [-0.4, -0.2) is 40.9 Å². The van der Waals surface area contributed by atoms with Crippen LogP contribution in [0.3, 0.4) is 0 Å². The molecule has 0 spiro atoms. The Morgan fingerprint density at radius 3 is 1.46 bits per heavy atom. The van der Waals surface area contributed by atoms with E-state index < -0.39 is 58.9 Å². The lowest BCUT2D eigenvalue weighted by Gasteiger charge is -2.42. The largest absolute Gasteiger partial charge is 0.460 e. The van der Waals surface area contributed by atoms with Gasteiger partial charge in [-0.25, -0.2) is 0 Å². The lowest BCUT2D eigenvalue weighted by atomic mass is 9.77. The Labute approximate surface area is 189 Å². The number of aliphatic hydroxyl groups is 1. The third-order valence-electron chi connectivity index (χ3n) is 5.32. The van der Waals surface area contributed by atoms with Gasteiger partial charge in [-0.1, -0.05) is 54.6 Å². The molecule has 0 aliphatic carbocycles. The molecule has 0 fully saturated rings. The SMILES string of the molecule is Cc1ccccc1C(O)(CC(F)(F)C(F)(F)C(F)(F)C(F)(F)C(F)(F)C(F)(F)F)c1ccccc1. The van der Waals surface area contributed by atoms with Crippen molar-refractivity contribution in [1.29, 1.82) is 0 Å². The lowest BCUT2D eigenvalue weighted by molar-refractivity contribution is -0.441. The van der Waals surface area contributed by atoms with Crippen molar-refractivity contribution in [2.75, 3.05) is 0 Å². The van der Waals surface area contributed by atoms with Crippen LogP contribution in [0.5, 0.6) is 0 Å². The van der Waals surface area contributed by atoms with Gasteiger partial charge >= 0.3 is 35.8 Å².